The second-order valence-electron chi connectivity index (χ2n) is 13.1. The lowest BCUT2D eigenvalue weighted by atomic mass is 9.95. The van der Waals surface area contributed by atoms with Gasteiger partial charge in [-0.2, -0.15) is 0 Å². The number of carbonyl (C=O) groups is 4. The molecule has 2 N–H and O–H groups in total. The molecular formula is C38H30Cl2F2N4O6. The summed E-state index contributed by atoms with van der Waals surface area (Å²) in [5.74, 6) is -2.07. The maximum atomic E-state index is 15.9. The molecule has 0 bridgehead atoms. The number of hydrogen-bond acceptors (Lipinski definition) is 6. The number of halogens is 4. The first-order valence-electron chi connectivity index (χ1n) is 16.8. The SMILES string of the molecule is O=C1CC[C@@H](CN2C(=O)COc3cc(-c4cccc(-c5cccc(-c6cc(F)c7c(c6)OCC(=O)N7C[C@@H]6CCC(=O)N6)c5Cl)c4Cl)cc(F)c32)N1. The number of benzene rings is 4. The van der Waals surface area contributed by atoms with Crippen molar-refractivity contribution in [2.45, 2.75) is 37.8 Å². The van der Waals surface area contributed by atoms with Crippen LogP contribution in [0.1, 0.15) is 25.7 Å². The van der Waals surface area contributed by atoms with E-state index in [4.69, 9.17) is 32.7 Å². The fraction of sp³-hybridized carbons (Fsp3) is 0.263. The van der Waals surface area contributed by atoms with E-state index in [1.807, 2.05) is 0 Å². The predicted molar refractivity (Wildman–Crippen MR) is 191 cm³/mol. The molecule has 0 aromatic heterocycles. The van der Waals surface area contributed by atoms with Gasteiger partial charge in [-0.25, -0.2) is 8.78 Å². The van der Waals surface area contributed by atoms with Gasteiger partial charge >= 0.3 is 0 Å². The first-order chi connectivity index (χ1) is 25.0. The first kappa shape index (κ1) is 33.9. The molecule has 8 rings (SSSR count). The van der Waals surface area contributed by atoms with Gasteiger partial charge in [-0.3, -0.25) is 19.2 Å². The van der Waals surface area contributed by atoms with Crippen LogP contribution < -0.4 is 29.9 Å². The van der Waals surface area contributed by atoms with E-state index in [2.05, 4.69) is 10.6 Å². The van der Waals surface area contributed by atoms with E-state index >= 15 is 8.78 Å². The quantitative estimate of drug-likeness (QED) is 0.230. The van der Waals surface area contributed by atoms with Crippen LogP contribution in [0.4, 0.5) is 20.2 Å². The summed E-state index contributed by atoms with van der Waals surface area (Å²) in [6, 6.07) is 15.7. The Hall–Kier alpha value is -5.20. The van der Waals surface area contributed by atoms with E-state index in [0.29, 0.717) is 59.1 Å². The smallest absolute Gasteiger partial charge is 0.265 e. The predicted octanol–water partition coefficient (Wildman–Crippen LogP) is 6.28. The van der Waals surface area contributed by atoms with Crippen LogP contribution in [-0.2, 0) is 19.2 Å². The maximum absolute atomic E-state index is 15.9. The molecule has 0 unspecified atom stereocenters. The third-order valence-corrected chi connectivity index (χ3v) is 10.6. The standard InChI is InChI=1S/C38H30Cl2F2N4O6/c39-35-23(19-11-27(41)37-29(13-19)51-17-33(49)45(37)15-21-7-9-31(47)43-21)3-1-5-25(35)26-6-2-4-24(36(26)40)20-12-28(42)38-30(14-20)52-18-34(50)46(38)16-22-8-10-32(48)44-22/h1-6,11-14,21-22H,7-10,15-18H2,(H,43,47)(H,44,48)/t21-,22-/m0/s1. The van der Waals surface area contributed by atoms with Gasteiger partial charge in [-0.05, 0) is 48.2 Å². The molecule has 4 aromatic rings. The highest BCUT2D eigenvalue weighted by molar-refractivity contribution is 6.39. The Kier molecular flexibility index (Phi) is 8.75. The summed E-state index contributed by atoms with van der Waals surface area (Å²) in [6.45, 7) is -0.319. The molecule has 0 aliphatic carbocycles. The fourth-order valence-corrected chi connectivity index (χ4v) is 7.94. The van der Waals surface area contributed by atoms with Gasteiger partial charge in [0.25, 0.3) is 11.8 Å². The Morgan fingerprint density at radius 2 is 1.04 bits per heavy atom. The fourth-order valence-electron chi connectivity index (χ4n) is 7.27. The van der Waals surface area contributed by atoms with Gasteiger partial charge in [0.05, 0.1) is 10.0 Å². The lowest BCUT2D eigenvalue weighted by Gasteiger charge is -2.32. The van der Waals surface area contributed by atoms with Gasteiger partial charge < -0.3 is 29.9 Å². The van der Waals surface area contributed by atoms with Crippen LogP contribution in [0, 0.1) is 11.6 Å². The van der Waals surface area contributed by atoms with Crippen molar-refractivity contribution < 1.29 is 37.4 Å². The lowest BCUT2D eigenvalue weighted by Crippen LogP contribution is -2.46. The lowest BCUT2D eigenvalue weighted by molar-refractivity contribution is -0.122. The van der Waals surface area contributed by atoms with Crippen molar-refractivity contribution in [3.05, 3.63) is 82.3 Å². The van der Waals surface area contributed by atoms with E-state index in [-0.39, 0.29) is 83.1 Å². The number of fused-ring (bicyclic) bond motifs is 2. The van der Waals surface area contributed by atoms with Gasteiger partial charge in [-0.1, -0.05) is 59.6 Å². The molecule has 4 heterocycles. The molecule has 266 valence electrons. The van der Waals surface area contributed by atoms with E-state index in [9.17, 15) is 19.2 Å². The van der Waals surface area contributed by atoms with Gasteiger partial charge in [0.1, 0.15) is 22.9 Å². The van der Waals surface area contributed by atoms with Crippen LogP contribution in [0.15, 0.2) is 60.7 Å². The molecule has 2 fully saturated rings. The molecule has 52 heavy (non-hydrogen) atoms. The Balaban J connectivity index is 1.11. The summed E-state index contributed by atoms with van der Waals surface area (Å²) < 4.78 is 43.1. The Morgan fingerprint density at radius 3 is 1.42 bits per heavy atom. The zero-order valence-electron chi connectivity index (χ0n) is 27.4. The summed E-state index contributed by atoms with van der Waals surface area (Å²) >= 11 is 14.0. The van der Waals surface area contributed by atoms with Crippen molar-refractivity contribution in [3.63, 3.8) is 0 Å². The number of hydrogen-bond donors (Lipinski definition) is 2. The minimum absolute atomic E-state index is 0.00299. The third-order valence-electron chi connectivity index (χ3n) is 9.79. The normalized spacial score (nSPS) is 19.5. The molecule has 4 aliphatic heterocycles. The molecule has 4 amide bonds. The minimum Gasteiger partial charge on any atom is -0.481 e. The van der Waals surface area contributed by atoms with E-state index in [1.165, 1.54) is 21.9 Å². The van der Waals surface area contributed by atoms with Crippen molar-refractivity contribution in [2.75, 3.05) is 36.1 Å². The van der Waals surface area contributed by atoms with Crippen LogP contribution in [0.25, 0.3) is 33.4 Å². The molecule has 0 radical (unpaired) electrons. The average Bonchev–Trinajstić information content (AvgIpc) is 3.73. The number of rotatable bonds is 7. The van der Waals surface area contributed by atoms with Gasteiger partial charge in [0.15, 0.2) is 24.8 Å². The largest absolute Gasteiger partial charge is 0.481 e. The molecular weight excluding hydrogens is 717 g/mol. The van der Waals surface area contributed by atoms with Crippen molar-refractivity contribution >= 4 is 58.2 Å². The number of nitrogens with one attached hydrogen (secondary N) is 2. The first-order valence-corrected chi connectivity index (χ1v) is 17.5. The van der Waals surface area contributed by atoms with Crippen LogP contribution in [0.3, 0.4) is 0 Å². The average molecular weight is 748 g/mol. The number of carbonyl (C=O) groups excluding carboxylic acids is 4. The van der Waals surface area contributed by atoms with Gasteiger partial charge in [0, 0.05) is 60.3 Å². The van der Waals surface area contributed by atoms with Crippen molar-refractivity contribution in [1.82, 2.24) is 10.6 Å². The number of anilines is 2. The topological polar surface area (TPSA) is 117 Å². The van der Waals surface area contributed by atoms with Gasteiger partial charge in [0.2, 0.25) is 11.8 Å². The molecule has 0 saturated carbocycles. The minimum atomic E-state index is -0.684. The van der Waals surface area contributed by atoms with Crippen molar-refractivity contribution in [3.8, 4) is 44.9 Å². The summed E-state index contributed by atoms with van der Waals surface area (Å²) in [5.41, 5.74) is 2.84. The third kappa shape index (κ3) is 6.09. The summed E-state index contributed by atoms with van der Waals surface area (Å²) in [4.78, 5) is 51.6. The van der Waals surface area contributed by atoms with Crippen LogP contribution in [-0.4, -0.2) is 62.0 Å². The van der Waals surface area contributed by atoms with Crippen LogP contribution in [0.5, 0.6) is 11.5 Å². The molecule has 0 spiro atoms. The highest BCUT2D eigenvalue weighted by Crippen LogP contribution is 2.46. The molecule has 2 atom stereocenters. The van der Waals surface area contributed by atoms with E-state index in [0.717, 1.165) is 0 Å². The van der Waals surface area contributed by atoms with E-state index in [1.54, 1.807) is 48.5 Å². The zero-order chi connectivity index (χ0) is 36.3. The monoisotopic (exact) mass is 746 g/mol. The maximum Gasteiger partial charge on any atom is 0.265 e. The highest BCUT2D eigenvalue weighted by Gasteiger charge is 2.35. The Morgan fingerprint density at radius 1 is 0.635 bits per heavy atom. The zero-order valence-corrected chi connectivity index (χ0v) is 29.0. The van der Waals surface area contributed by atoms with E-state index < -0.39 is 23.4 Å². The number of amides is 4. The Bertz CT molecular complexity index is 2050. The molecule has 14 heteroatoms. The molecule has 10 nitrogen and oxygen atoms in total. The number of nitrogens with zero attached hydrogens (tertiary/aromatic N) is 2. The summed E-state index contributed by atoms with van der Waals surface area (Å²) in [5, 5.41) is 6.17. The molecule has 2 saturated heterocycles. The second kappa shape index (κ2) is 13.4. The second-order valence-corrected chi connectivity index (χ2v) is 13.9. The van der Waals surface area contributed by atoms with Crippen LogP contribution >= 0.6 is 23.2 Å². The number of ether oxygens (including phenoxy) is 2. The molecule has 4 aliphatic rings. The summed E-state index contributed by atoms with van der Waals surface area (Å²) in [7, 11) is 0. The summed E-state index contributed by atoms with van der Waals surface area (Å²) in [6.07, 6.45) is 1.79. The Labute approximate surface area is 306 Å². The van der Waals surface area contributed by atoms with Crippen molar-refractivity contribution in [2.24, 2.45) is 0 Å². The van der Waals surface area contributed by atoms with Gasteiger partial charge in [-0.15, -0.1) is 0 Å². The van der Waals surface area contributed by atoms with Crippen LogP contribution in [0.2, 0.25) is 10.0 Å². The highest BCUT2D eigenvalue weighted by atomic mass is 35.5. The van der Waals surface area contributed by atoms with Crippen molar-refractivity contribution in [1.29, 1.82) is 0 Å². The molecule has 4 aromatic carbocycles.